The Hall–Kier alpha value is -2.70. The summed E-state index contributed by atoms with van der Waals surface area (Å²) >= 11 is 0. The highest BCUT2D eigenvalue weighted by atomic mass is 16.5. The molecule has 1 aliphatic rings. The van der Waals surface area contributed by atoms with Gasteiger partial charge in [0.2, 0.25) is 0 Å². The third-order valence-corrected chi connectivity index (χ3v) is 3.45. The number of rotatable bonds is 2. The van der Waals surface area contributed by atoms with E-state index < -0.39 is 11.6 Å². The second-order valence-electron chi connectivity index (χ2n) is 5.69. The second-order valence-corrected chi connectivity index (χ2v) is 5.69. The number of amides is 2. The molecule has 2 heterocycles. The van der Waals surface area contributed by atoms with Gasteiger partial charge < -0.3 is 19.6 Å². The van der Waals surface area contributed by atoms with Gasteiger partial charge >= 0.3 is 6.03 Å². The van der Waals surface area contributed by atoms with Crippen molar-refractivity contribution in [3.63, 3.8) is 0 Å². The van der Waals surface area contributed by atoms with E-state index in [9.17, 15) is 4.79 Å². The number of hydrogen-bond acceptors (Lipinski definition) is 5. The summed E-state index contributed by atoms with van der Waals surface area (Å²) in [5.41, 5.74) is 8.92. The minimum Gasteiger partial charge on any atom is -0.495 e. The van der Waals surface area contributed by atoms with Crippen LogP contribution in [0.5, 0.6) is 11.5 Å². The van der Waals surface area contributed by atoms with Crippen molar-refractivity contribution < 1.29 is 18.7 Å². The number of nitrogens with two attached hydrogens (primary N) is 1. The van der Waals surface area contributed by atoms with Crippen LogP contribution in [0.1, 0.15) is 25.8 Å². The van der Waals surface area contributed by atoms with Crippen LogP contribution in [0.15, 0.2) is 27.9 Å². The zero-order valence-electron chi connectivity index (χ0n) is 12.6. The molecule has 3 N–H and O–H groups in total. The Morgan fingerprint density at radius 2 is 2.27 bits per heavy atom. The van der Waals surface area contributed by atoms with Crippen LogP contribution < -0.4 is 20.6 Å². The first-order valence-electron chi connectivity index (χ1n) is 6.81. The van der Waals surface area contributed by atoms with Crippen LogP contribution in [-0.4, -0.2) is 24.5 Å². The van der Waals surface area contributed by atoms with E-state index in [-0.39, 0.29) is 0 Å². The SMILES string of the molecule is COc1c2c(cc3occc13)OC(C)(C)C/C2=N\NC(N)=O. The van der Waals surface area contributed by atoms with Crippen LogP contribution in [0.3, 0.4) is 0 Å². The van der Waals surface area contributed by atoms with Gasteiger partial charge in [-0.15, -0.1) is 0 Å². The number of furan rings is 1. The number of methoxy groups -OCH3 is 1. The Kier molecular flexibility index (Phi) is 3.20. The van der Waals surface area contributed by atoms with Gasteiger partial charge in [-0.2, -0.15) is 5.10 Å². The summed E-state index contributed by atoms with van der Waals surface area (Å²) in [7, 11) is 1.57. The van der Waals surface area contributed by atoms with Crippen LogP contribution >= 0.6 is 0 Å². The van der Waals surface area contributed by atoms with Gasteiger partial charge in [0.05, 0.1) is 30.0 Å². The lowest BCUT2D eigenvalue weighted by atomic mass is 9.91. The molecule has 1 aromatic carbocycles. The molecule has 0 aliphatic carbocycles. The lowest BCUT2D eigenvalue weighted by Gasteiger charge is -2.34. The number of urea groups is 1. The molecule has 2 aromatic rings. The first-order valence-corrected chi connectivity index (χ1v) is 6.81. The van der Waals surface area contributed by atoms with E-state index in [0.29, 0.717) is 34.8 Å². The smallest absolute Gasteiger partial charge is 0.332 e. The molecule has 3 rings (SSSR count). The maximum Gasteiger partial charge on any atom is 0.332 e. The highest BCUT2D eigenvalue weighted by Crippen LogP contribution is 2.43. The third-order valence-electron chi connectivity index (χ3n) is 3.45. The van der Waals surface area contributed by atoms with Crippen LogP contribution in [0, 0.1) is 0 Å². The summed E-state index contributed by atoms with van der Waals surface area (Å²) < 4.78 is 17.0. The first-order chi connectivity index (χ1) is 10.4. The van der Waals surface area contributed by atoms with E-state index in [2.05, 4.69) is 10.5 Å². The number of carbonyl (C=O) groups is 1. The van der Waals surface area contributed by atoms with Crippen molar-refractivity contribution >= 4 is 22.7 Å². The standard InChI is InChI=1S/C15H17N3O4/c1-15(2)7-9(17-18-14(16)19)12-11(22-15)6-10-8(4-5-21-10)13(12)20-3/h4-6H,7H2,1-3H3,(H3,16,18,19)/b17-9+. The summed E-state index contributed by atoms with van der Waals surface area (Å²) in [5.74, 6) is 1.20. The number of hydrazone groups is 1. The molecule has 0 unspecified atom stereocenters. The molecule has 22 heavy (non-hydrogen) atoms. The predicted molar refractivity (Wildman–Crippen MR) is 81.3 cm³/mol. The molecule has 7 nitrogen and oxygen atoms in total. The third kappa shape index (κ3) is 2.34. The highest BCUT2D eigenvalue weighted by molar-refractivity contribution is 6.11. The van der Waals surface area contributed by atoms with Crippen molar-refractivity contribution in [3.05, 3.63) is 24.0 Å². The normalized spacial score (nSPS) is 17.9. The molecule has 1 aromatic heterocycles. The second kappa shape index (κ2) is 4.94. The van der Waals surface area contributed by atoms with Crippen LogP contribution in [0.4, 0.5) is 4.79 Å². The molecule has 0 saturated heterocycles. The number of benzene rings is 1. The van der Waals surface area contributed by atoms with Gasteiger partial charge in [0.1, 0.15) is 22.7 Å². The molecule has 116 valence electrons. The van der Waals surface area contributed by atoms with Crippen molar-refractivity contribution in [1.82, 2.24) is 5.43 Å². The molecule has 7 heteroatoms. The van der Waals surface area contributed by atoms with Crippen molar-refractivity contribution in [3.8, 4) is 11.5 Å². The first kappa shape index (κ1) is 14.2. The summed E-state index contributed by atoms with van der Waals surface area (Å²) in [6.45, 7) is 3.88. The van der Waals surface area contributed by atoms with E-state index in [0.717, 1.165) is 5.39 Å². The van der Waals surface area contributed by atoms with Gasteiger partial charge in [-0.3, -0.25) is 0 Å². The van der Waals surface area contributed by atoms with Gasteiger partial charge in [0.25, 0.3) is 0 Å². The monoisotopic (exact) mass is 303 g/mol. The fourth-order valence-corrected chi connectivity index (χ4v) is 2.67. The zero-order valence-corrected chi connectivity index (χ0v) is 12.6. The molecular formula is C15H17N3O4. The summed E-state index contributed by atoms with van der Waals surface area (Å²) in [6.07, 6.45) is 2.09. The number of fused-ring (bicyclic) bond motifs is 2. The molecular weight excluding hydrogens is 286 g/mol. The summed E-state index contributed by atoms with van der Waals surface area (Å²) in [6, 6.07) is 2.89. The molecule has 1 aliphatic heterocycles. The topological polar surface area (TPSA) is 99.1 Å². The van der Waals surface area contributed by atoms with Crippen molar-refractivity contribution in [2.24, 2.45) is 10.8 Å². The van der Waals surface area contributed by atoms with E-state index in [1.54, 1.807) is 19.4 Å². The largest absolute Gasteiger partial charge is 0.495 e. The lowest BCUT2D eigenvalue weighted by Crippen LogP contribution is -2.38. The quantitative estimate of drug-likeness (QED) is 0.832. The van der Waals surface area contributed by atoms with Gasteiger partial charge in [-0.25, -0.2) is 10.2 Å². The van der Waals surface area contributed by atoms with Crippen LogP contribution in [0.2, 0.25) is 0 Å². The Balaban J connectivity index is 2.25. The molecule has 0 fully saturated rings. The predicted octanol–water partition coefficient (Wildman–Crippen LogP) is 2.37. The van der Waals surface area contributed by atoms with E-state index in [1.165, 1.54) is 0 Å². The number of hydrogen-bond donors (Lipinski definition) is 2. The fourth-order valence-electron chi connectivity index (χ4n) is 2.67. The summed E-state index contributed by atoms with van der Waals surface area (Å²) in [4.78, 5) is 11.0. The number of nitrogens with one attached hydrogen (secondary N) is 1. The van der Waals surface area contributed by atoms with Gasteiger partial charge in [-0.1, -0.05) is 0 Å². The maximum absolute atomic E-state index is 11.0. The minimum absolute atomic E-state index is 0.476. The van der Waals surface area contributed by atoms with E-state index >= 15 is 0 Å². The number of primary amides is 1. The van der Waals surface area contributed by atoms with Crippen LogP contribution in [-0.2, 0) is 0 Å². The van der Waals surface area contributed by atoms with Crippen molar-refractivity contribution in [2.75, 3.05) is 7.11 Å². The number of nitrogens with zero attached hydrogens (tertiary/aromatic N) is 1. The molecule has 0 spiro atoms. The molecule has 0 atom stereocenters. The van der Waals surface area contributed by atoms with E-state index in [4.69, 9.17) is 19.6 Å². The number of ether oxygens (including phenoxy) is 2. The fraction of sp³-hybridized carbons (Fsp3) is 0.333. The van der Waals surface area contributed by atoms with Gasteiger partial charge in [-0.05, 0) is 19.9 Å². The lowest BCUT2D eigenvalue weighted by molar-refractivity contribution is 0.110. The zero-order chi connectivity index (χ0) is 15.9. The molecule has 0 bridgehead atoms. The highest BCUT2D eigenvalue weighted by Gasteiger charge is 2.35. The molecule has 2 amide bonds. The average Bonchev–Trinajstić information content (AvgIpc) is 2.88. The van der Waals surface area contributed by atoms with E-state index in [1.807, 2.05) is 19.9 Å². The number of carbonyl (C=O) groups excluding carboxylic acids is 1. The molecule has 0 radical (unpaired) electrons. The van der Waals surface area contributed by atoms with Gasteiger partial charge in [0.15, 0.2) is 0 Å². The van der Waals surface area contributed by atoms with Crippen LogP contribution in [0.25, 0.3) is 11.0 Å². The van der Waals surface area contributed by atoms with Crippen molar-refractivity contribution in [1.29, 1.82) is 0 Å². The Bertz CT molecular complexity index is 776. The Morgan fingerprint density at radius 3 is 2.95 bits per heavy atom. The maximum atomic E-state index is 11.0. The Labute approximate surface area is 127 Å². The summed E-state index contributed by atoms with van der Waals surface area (Å²) in [5, 5.41) is 4.94. The van der Waals surface area contributed by atoms with Gasteiger partial charge in [0, 0.05) is 12.5 Å². The minimum atomic E-state index is -0.721. The average molecular weight is 303 g/mol. The Morgan fingerprint density at radius 1 is 1.50 bits per heavy atom. The molecule has 0 saturated carbocycles. The van der Waals surface area contributed by atoms with Crippen molar-refractivity contribution in [2.45, 2.75) is 25.9 Å².